The predicted molar refractivity (Wildman–Crippen MR) is 122 cm³/mol. The lowest BCUT2D eigenvalue weighted by atomic mass is 10.1. The molecular weight excluding hydrogens is 496 g/mol. The molecule has 12 nitrogen and oxygen atoms in total. The van der Waals surface area contributed by atoms with Crippen molar-refractivity contribution in [2.75, 3.05) is 13.2 Å². The highest BCUT2D eigenvalue weighted by molar-refractivity contribution is 7.81. The minimum Gasteiger partial charge on any atom is -0.464 e. The van der Waals surface area contributed by atoms with Crippen molar-refractivity contribution in [3.05, 3.63) is 0 Å². The molecule has 0 rings (SSSR count). The average Bonchev–Trinajstić information content (AvgIpc) is 2.73. The summed E-state index contributed by atoms with van der Waals surface area (Å²) in [6.07, 6.45) is 5.10. The second-order valence-electron chi connectivity index (χ2n) is 7.76. The monoisotopic (exact) mass is 534 g/mol. The van der Waals surface area contributed by atoms with E-state index >= 15 is 0 Å². The van der Waals surface area contributed by atoms with E-state index in [9.17, 15) is 26.4 Å². The van der Waals surface area contributed by atoms with Crippen LogP contribution in [0.15, 0.2) is 0 Å². The van der Waals surface area contributed by atoms with Gasteiger partial charge in [-0.2, -0.15) is 16.8 Å². The van der Waals surface area contributed by atoms with Gasteiger partial charge in [-0.05, 0) is 12.8 Å². The van der Waals surface area contributed by atoms with Crippen LogP contribution in [0.1, 0.15) is 90.9 Å². The standard InChI is InChI=1S/C20H38O12S2/c1-3-5-7-9-11-13-15-29-19(21)17(31-33(23,24)25)18(32-34(26,27)28)20(22)30-16-14-12-10-8-6-4-2/h17-18H,3-16H2,1-2H3,(H,23,24,25)(H,26,27,28). The van der Waals surface area contributed by atoms with Crippen molar-refractivity contribution in [1.82, 2.24) is 0 Å². The van der Waals surface area contributed by atoms with Crippen molar-refractivity contribution in [2.45, 2.75) is 103 Å². The molecule has 202 valence electrons. The lowest BCUT2D eigenvalue weighted by Gasteiger charge is -2.21. The molecule has 0 fully saturated rings. The van der Waals surface area contributed by atoms with Gasteiger partial charge in [0.2, 0.25) is 12.2 Å². The Kier molecular flexibility index (Phi) is 17.3. The van der Waals surface area contributed by atoms with Crippen molar-refractivity contribution in [2.24, 2.45) is 0 Å². The fourth-order valence-corrected chi connectivity index (χ4v) is 3.85. The number of ether oxygens (including phenoxy) is 2. The maximum Gasteiger partial charge on any atom is 0.398 e. The topological polar surface area (TPSA) is 180 Å². The zero-order valence-electron chi connectivity index (χ0n) is 19.8. The summed E-state index contributed by atoms with van der Waals surface area (Å²) in [5.41, 5.74) is 0. The van der Waals surface area contributed by atoms with E-state index in [0.29, 0.717) is 25.7 Å². The molecule has 0 aromatic heterocycles. The van der Waals surface area contributed by atoms with Gasteiger partial charge in [-0.15, -0.1) is 0 Å². The fourth-order valence-electron chi connectivity index (χ4n) is 2.96. The van der Waals surface area contributed by atoms with E-state index < -0.39 is 44.9 Å². The molecule has 0 spiro atoms. The SMILES string of the molecule is CCCCCCCCOC(=O)C(OS(=O)(=O)O)C(OS(=O)(=O)O)C(=O)OCCCCCCCC. The van der Waals surface area contributed by atoms with Crippen LogP contribution >= 0.6 is 0 Å². The van der Waals surface area contributed by atoms with Crippen LogP contribution in [0.4, 0.5) is 0 Å². The Bertz CT molecular complexity index is 713. The Hall–Kier alpha value is -1.32. The van der Waals surface area contributed by atoms with Crippen LogP contribution in [-0.2, 0) is 48.2 Å². The smallest absolute Gasteiger partial charge is 0.398 e. The largest absolute Gasteiger partial charge is 0.464 e. The number of unbranched alkanes of at least 4 members (excludes halogenated alkanes) is 10. The quantitative estimate of drug-likeness (QED) is 0.125. The number of hydrogen-bond acceptors (Lipinski definition) is 10. The minimum absolute atomic E-state index is 0.179. The maximum atomic E-state index is 12.4. The molecule has 0 saturated heterocycles. The van der Waals surface area contributed by atoms with Gasteiger partial charge in [0.25, 0.3) is 0 Å². The van der Waals surface area contributed by atoms with E-state index in [4.69, 9.17) is 18.6 Å². The van der Waals surface area contributed by atoms with Gasteiger partial charge < -0.3 is 9.47 Å². The molecule has 2 atom stereocenters. The zero-order valence-corrected chi connectivity index (χ0v) is 21.5. The van der Waals surface area contributed by atoms with E-state index in [0.717, 1.165) is 51.4 Å². The summed E-state index contributed by atoms with van der Waals surface area (Å²) >= 11 is 0. The molecule has 0 aromatic rings. The molecule has 0 aliphatic heterocycles. The van der Waals surface area contributed by atoms with E-state index in [1.54, 1.807) is 0 Å². The molecule has 0 aliphatic carbocycles. The normalized spacial score (nSPS) is 13.9. The number of esters is 2. The Morgan fingerprint density at radius 3 is 1.18 bits per heavy atom. The van der Waals surface area contributed by atoms with Crippen LogP contribution in [0.5, 0.6) is 0 Å². The van der Waals surface area contributed by atoms with Crippen LogP contribution in [0.2, 0.25) is 0 Å². The molecule has 0 saturated carbocycles. The molecule has 0 radical (unpaired) electrons. The average molecular weight is 535 g/mol. The van der Waals surface area contributed by atoms with E-state index in [1.165, 1.54) is 0 Å². The number of hydrogen-bond donors (Lipinski definition) is 2. The minimum atomic E-state index is -5.35. The van der Waals surface area contributed by atoms with Gasteiger partial charge in [0.1, 0.15) is 0 Å². The number of carbonyl (C=O) groups excluding carboxylic acids is 2. The summed E-state index contributed by atoms with van der Waals surface area (Å²) in [5, 5.41) is 0. The van der Waals surface area contributed by atoms with E-state index in [2.05, 4.69) is 22.2 Å². The summed E-state index contributed by atoms with van der Waals surface area (Å²) < 4.78 is 80.9. The summed E-state index contributed by atoms with van der Waals surface area (Å²) in [6.45, 7) is 3.75. The molecule has 0 aromatic carbocycles. The Morgan fingerprint density at radius 2 is 0.882 bits per heavy atom. The Balaban J connectivity index is 5.14. The lowest BCUT2D eigenvalue weighted by molar-refractivity contribution is -0.169. The third-order valence-corrected chi connectivity index (χ3v) is 5.58. The third kappa shape index (κ3) is 18.1. The second kappa shape index (κ2) is 18.0. The summed E-state index contributed by atoms with van der Waals surface area (Å²) in [6, 6.07) is 0. The molecule has 34 heavy (non-hydrogen) atoms. The van der Waals surface area contributed by atoms with Crippen LogP contribution in [-0.4, -0.2) is 63.3 Å². The van der Waals surface area contributed by atoms with Gasteiger partial charge in [0, 0.05) is 0 Å². The van der Waals surface area contributed by atoms with Crippen molar-refractivity contribution in [3.63, 3.8) is 0 Å². The first kappa shape index (κ1) is 32.7. The maximum absolute atomic E-state index is 12.4. The highest BCUT2D eigenvalue weighted by Gasteiger charge is 2.44. The van der Waals surface area contributed by atoms with Gasteiger partial charge in [-0.25, -0.2) is 18.0 Å². The van der Waals surface area contributed by atoms with Gasteiger partial charge in [-0.3, -0.25) is 9.11 Å². The van der Waals surface area contributed by atoms with Crippen LogP contribution < -0.4 is 0 Å². The van der Waals surface area contributed by atoms with E-state index in [-0.39, 0.29) is 13.2 Å². The molecule has 14 heteroatoms. The van der Waals surface area contributed by atoms with Crippen molar-refractivity contribution in [1.29, 1.82) is 0 Å². The number of carbonyl (C=O) groups is 2. The van der Waals surface area contributed by atoms with Gasteiger partial charge in [-0.1, -0.05) is 78.1 Å². The first-order chi connectivity index (χ1) is 15.9. The molecule has 0 amide bonds. The van der Waals surface area contributed by atoms with Crippen LogP contribution in [0.3, 0.4) is 0 Å². The first-order valence-corrected chi connectivity index (χ1v) is 14.3. The van der Waals surface area contributed by atoms with Crippen molar-refractivity contribution >= 4 is 32.7 Å². The molecule has 2 unspecified atom stereocenters. The van der Waals surface area contributed by atoms with Gasteiger partial charge in [0.05, 0.1) is 13.2 Å². The predicted octanol–water partition coefficient (Wildman–Crippen LogP) is 3.17. The summed E-state index contributed by atoms with van der Waals surface area (Å²) in [7, 11) is -10.7. The van der Waals surface area contributed by atoms with Crippen LogP contribution in [0, 0.1) is 0 Å². The summed E-state index contributed by atoms with van der Waals surface area (Å²) in [4.78, 5) is 24.8. The third-order valence-electron chi connectivity index (χ3n) is 4.67. The molecule has 0 bridgehead atoms. The zero-order chi connectivity index (χ0) is 26.0. The Morgan fingerprint density at radius 1 is 0.588 bits per heavy atom. The van der Waals surface area contributed by atoms with Crippen LogP contribution in [0.25, 0.3) is 0 Å². The lowest BCUT2D eigenvalue weighted by Crippen LogP contribution is -2.47. The highest BCUT2D eigenvalue weighted by atomic mass is 32.3. The molecule has 0 heterocycles. The highest BCUT2D eigenvalue weighted by Crippen LogP contribution is 2.16. The molecule has 0 aliphatic rings. The Labute approximate surface area is 202 Å². The van der Waals surface area contributed by atoms with Gasteiger partial charge >= 0.3 is 32.7 Å². The molecule has 2 N–H and O–H groups in total. The second-order valence-corrected chi connectivity index (χ2v) is 9.86. The van der Waals surface area contributed by atoms with Gasteiger partial charge in [0.15, 0.2) is 0 Å². The van der Waals surface area contributed by atoms with Crippen molar-refractivity contribution in [3.8, 4) is 0 Å². The first-order valence-electron chi connectivity index (χ1n) is 11.6. The fraction of sp³-hybridized carbons (Fsp3) is 0.900. The van der Waals surface area contributed by atoms with E-state index in [1.807, 2.05) is 0 Å². The van der Waals surface area contributed by atoms with Crippen molar-refractivity contribution < 1.29 is 53.4 Å². The molecular formula is C20H38O12S2. The number of rotatable bonds is 21. The summed E-state index contributed by atoms with van der Waals surface area (Å²) in [5.74, 6) is -2.98.